The molecule has 0 bridgehead atoms. The zero-order valence-electron chi connectivity index (χ0n) is 12.2. The Morgan fingerprint density at radius 1 is 1.48 bits per heavy atom. The fourth-order valence-electron chi connectivity index (χ4n) is 1.86. The van der Waals surface area contributed by atoms with Gasteiger partial charge in [-0.15, -0.1) is 0 Å². The van der Waals surface area contributed by atoms with E-state index in [2.05, 4.69) is 10.4 Å². The molecule has 0 saturated carbocycles. The maximum absolute atomic E-state index is 13.0. The average Bonchev–Trinajstić information content (AvgIpc) is 2.87. The van der Waals surface area contributed by atoms with Crippen molar-refractivity contribution in [3.05, 3.63) is 17.5 Å². The summed E-state index contributed by atoms with van der Waals surface area (Å²) >= 11 is 0. The number of rotatable bonds is 6. The molecule has 1 rings (SSSR count). The summed E-state index contributed by atoms with van der Waals surface area (Å²) in [6.45, 7) is 5.10. The van der Waals surface area contributed by atoms with Crippen molar-refractivity contribution in [1.29, 1.82) is 0 Å². The molecule has 0 aliphatic carbocycles. The third kappa shape index (κ3) is 4.20. The maximum Gasteiger partial charge on any atom is 0.433 e. The van der Waals surface area contributed by atoms with Gasteiger partial charge in [0.15, 0.2) is 5.69 Å². The van der Waals surface area contributed by atoms with Gasteiger partial charge in [0.1, 0.15) is 0 Å². The van der Waals surface area contributed by atoms with Crippen LogP contribution < -0.4 is 5.32 Å². The summed E-state index contributed by atoms with van der Waals surface area (Å²) < 4.78 is 39.7. The highest BCUT2D eigenvalue weighted by Gasteiger charge is 2.39. The smallest absolute Gasteiger partial charge is 0.391 e. The number of hydrogen-bond donors (Lipinski definition) is 2. The van der Waals surface area contributed by atoms with Gasteiger partial charge in [-0.3, -0.25) is 9.48 Å². The summed E-state index contributed by atoms with van der Waals surface area (Å²) in [6, 6.07) is 0. The van der Waals surface area contributed by atoms with E-state index in [9.17, 15) is 23.1 Å². The van der Waals surface area contributed by atoms with E-state index in [-0.39, 0.29) is 19.0 Å². The Kier molecular flexibility index (Phi) is 5.77. The van der Waals surface area contributed by atoms with Crippen molar-refractivity contribution in [1.82, 2.24) is 15.1 Å². The highest BCUT2D eigenvalue weighted by Crippen LogP contribution is 2.31. The Bertz CT molecular complexity index is 485. The lowest BCUT2D eigenvalue weighted by Gasteiger charge is -2.18. The molecule has 0 radical (unpaired) electrons. The fourth-order valence-corrected chi connectivity index (χ4v) is 1.86. The van der Waals surface area contributed by atoms with Crippen LogP contribution in [0.15, 0.2) is 6.20 Å². The molecular weight excluding hydrogens is 287 g/mol. The standard InChI is InChI=1S/C13H20F3N3O2/c1-4-8(3)10(20)7-17-12(21)9-6-18-19(5-2)11(9)13(14,15)16/h6,8,10,20H,4-5,7H2,1-3H3,(H,17,21). The number of aliphatic hydroxyl groups is 1. The molecule has 120 valence electrons. The van der Waals surface area contributed by atoms with E-state index in [0.29, 0.717) is 6.42 Å². The minimum absolute atomic E-state index is 0.0115. The van der Waals surface area contributed by atoms with Crippen molar-refractivity contribution in [3.63, 3.8) is 0 Å². The molecule has 2 N–H and O–H groups in total. The van der Waals surface area contributed by atoms with Crippen LogP contribution in [0, 0.1) is 5.92 Å². The number of nitrogens with one attached hydrogen (secondary N) is 1. The Morgan fingerprint density at radius 3 is 2.57 bits per heavy atom. The van der Waals surface area contributed by atoms with Gasteiger partial charge in [-0.1, -0.05) is 20.3 Å². The molecule has 2 unspecified atom stereocenters. The third-order valence-corrected chi connectivity index (χ3v) is 3.42. The number of halogens is 3. The first-order valence-corrected chi connectivity index (χ1v) is 6.81. The van der Waals surface area contributed by atoms with E-state index in [1.807, 2.05) is 6.92 Å². The molecule has 1 aromatic rings. The molecule has 0 aliphatic rings. The Labute approximate surface area is 121 Å². The van der Waals surface area contributed by atoms with Crippen LogP contribution >= 0.6 is 0 Å². The minimum Gasteiger partial charge on any atom is -0.391 e. The Balaban J connectivity index is 2.87. The van der Waals surface area contributed by atoms with Crippen molar-refractivity contribution >= 4 is 5.91 Å². The van der Waals surface area contributed by atoms with E-state index in [4.69, 9.17) is 0 Å². The van der Waals surface area contributed by atoms with Crippen molar-refractivity contribution in [2.24, 2.45) is 5.92 Å². The number of amides is 1. The van der Waals surface area contributed by atoms with Gasteiger partial charge in [-0.05, 0) is 12.8 Å². The van der Waals surface area contributed by atoms with Gasteiger partial charge in [0.2, 0.25) is 0 Å². The number of carbonyl (C=O) groups is 1. The first-order chi connectivity index (χ1) is 9.72. The van der Waals surface area contributed by atoms with Crippen LogP contribution in [0.25, 0.3) is 0 Å². The molecule has 1 aromatic heterocycles. The van der Waals surface area contributed by atoms with Gasteiger partial charge in [0.25, 0.3) is 5.91 Å². The highest BCUT2D eigenvalue weighted by atomic mass is 19.4. The molecule has 1 amide bonds. The van der Waals surface area contributed by atoms with Gasteiger partial charge in [0.05, 0.1) is 17.9 Å². The third-order valence-electron chi connectivity index (χ3n) is 3.42. The van der Waals surface area contributed by atoms with Gasteiger partial charge >= 0.3 is 6.18 Å². The molecule has 0 aliphatic heterocycles. The van der Waals surface area contributed by atoms with Crippen molar-refractivity contribution < 1.29 is 23.1 Å². The lowest BCUT2D eigenvalue weighted by Crippen LogP contribution is -2.36. The second kappa shape index (κ2) is 6.93. The van der Waals surface area contributed by atoms with E-state index in [1.165, 1.54) is 6.92 Å². The Morgan fingerprint density at radius 2 is 2.10 bits per heavy atom. The lowest BCUT2D eigenvalue weighted by atomic mass is 10.0. The summed E-state index contributed by atoms with van der Waals surface area (Å²) in [5, 5.41) is 15.6. The zero-order valence-corrected chi connectivity index (χ0v) is 12.2. The summed E-state index contributed by atoms with van der Waals surface area (Å²) in [5.41, 5.74) is -1.60. The van der Waals surface area contributed by atoms with Crippen LogP contribution in [0.5, 0.6) is 0 Å². The number of alkyl halides is 3. The minimum atomic E-state index is -4.66. The van der Waals surface area contributed by atoms with Crippen LogP contribution in [-0.2, 0) is 12.7 Å². The molecular formula is C13H20F3N3O2. The van der Waals surface area contributed by atoms with Gasteiger partial charge < -0.3 is 10.4 Å². The van der Waals surface area contributed by atoms with E-state index >= 15 is 0 Å². The molecule has 1 heterocycles. The topological polar surface area (TPSA) is 67.2 Å². The average molecular weight is 307 g/mol. The number of carbonyl (C=O) groups excluding carboxylic acids is 1. The monoisotopic (exact) mass is 307 g/mol. The first-order valence-electron chi connectivity index (χ1n) is 6.81. The highest BCUT2D eigenvalue weighted by molar-refractivity contribution is 5.95. The van der Waals surface area contributed by atoms with Gasteiger partial charge in [-0.25, -0.2) is 0 Å². The van der Waals surface area contributed by atoms with Crippen LogP contribution in [0.4, 0.5) is 13.2 Å². The molecule has 21 heavy (non-hydrogen) atoms. The fraction of sp³-hybridized carbons (Fsp3) is 0.692. The quantitative estimate of drug-likeness (QED) is 0.845. The molecule has 0 aromatic carbocycles. The van der Waals surface area contributed by atoms with Gasteiger partial charge in [-0.2, -0.15) is 18.3 Å². The summed E-state index contributed by atoms with van der Waals surface area (Å²) in [6.07, 6.45) is -3.85. The van der Waals surface area contributed by atoms with E-state index < -0.39 is 29.4 Å². The summed E-state index contributed by atoms with van der Waals surface area (Å²) in [7, 11) is 0. The second-order valence-electron chi connectivity index (χ2n) is 4.88. The number of nitrogens with zero attached hydrogens (tertiary/aromatic N) is 2. The van der Waals surface area contributed by atoms with Crippen molar-refractivity contribution in [3.8, 4) is 0 Å². The molecule has 8 heteroatoms. The van der Waals surface area contributed by atoms with Crippen LogP contribution in [0.2, 0.25) is 0 Å². The second-order valence-corrected chi connectivity index (χ2v) is 4.88. The normalized spacial score (nSPS) is 14.8. The van der Waals surface area contributed by atoms with Crippen molar-refractivity contribution in [2.45, 2.75) is 46.0 Å². The SMILES string of the molecule is CCC(C)C(O)CNC(=O)c1cnn(CC)c1C(F)(F)F. The predicted octanol–water partition coefficient (Wildman–Crippen LogP) is 2.06. The van der Waals surface area contributed by atoms with Crippen LogP contribution in [0.3, 0.4) is 0 Å². The predicted molar refractivity (Wildman–Crippen MR) is 70.7 cm³/mol. The zero-order chi connectivity index (χ0) is 16.2. The van der Waals surface area contributed by atoms with Gasteiger partial charge in [0, 0.05) is 13.1 Å². The number of aryl methyl sites for hydroxylation is 1. The van der Waals surface area contributed by atoms with Crippen LogP contribution in [0.1, 0.15) is 43.2 Å². The molecule has 0 fully saturated rings. The summed E-state index contributed by atoms with van der Waals surface area (Å²) in [5.74, 6) is -0.935. The molecule has 0 saturated heterocycles. The number of aromatic nitrogens is 2. The lowest BCUT2D eigenvalue weighted by molar-refractivity contribution is -0.144. The van der Waals surface area contributed by atoms with Crippen molar-refractivity contribution in [2.75, 3.05) is 6.54 Å². The maximum atomic E-state index is 13.0. The molecule has 2 atom stereocenters. The molecule has 0 spiro atoms. The number of hydrogen-bond acceptors (Lipinski definition) is 3. The van der Waals surface area contributed by atoms with E-state index in [0.717, 1.165) is 10.9 Å². The van der Waals surface area contributed by atoms with E-state index in [1.54, 1.807) is 6.92 Å². The number of aliphatic hydroxyl groups excluding tert-OH is 1. The van der Waals surface area contributed by atoms with Crippen LogP contribution in [-0.4, -0.2) is 33.4 Å². The largest absolute Gasteiger partial charge is 0.433 e. The Hall–Kier alpha value is -1.57. The first kappa shape index (κ1) is 17.5. The summed E-state index contributed by atoms with van der Waals surface area (Å²) in [4.78, 5) is 11.9. The molecule has 5 nitrogen and oxygen atoms in total.